The van der Waals surface area contributed by atoms with Crippen molar-refractivity contribution in [1.29, 1.82) is 0 Å². The third-order valence-corrected chi connectivity index (χ3v) is 0.470. The lowest BCUT2D eigenvalue weighted by Crippen LogP contribution is -2.38. The standard InChI is InChI=1S/C2H7N5S/c3-1(7-5)6-2(4)8/h5H2,(H5,3,4,6,7,8). The number of hydrazine groups is 1. The topological polar surface area (TPSA) is 102 Å². The average molecular weight is 133 g/mol. The maximum Gasteiger partial charge on any atom is 0.210 e. The van der Waals surface area contributed by atoms with E-state index in [-0.39, 0.29) is 11.1 Å². The summed E-state index contributed by atoms with van der Waals surface area (Å²) in [5.74, 6) is 4.81. The molecule has 6 heteroatoms. The normalized spacial score (nSPS) is 10.9. The summed E-state index contributed by atoms with van der Waals surface area (Å²) in [6.07, 6.45) is 0. The zero-order valence-corrected chi connectivity index (χ0v) is 4.90. The van der Waals surface area contributed by atoms with Crippen LogP contribution in [0.1, 0.15) is 0 Å². The quantitative estimate of drug-likeness (QED) is 0.101. The van der Waals surface area contributed by atoms with Crippen LogP contribution >= 0.6 is 12.2 Å². The van der Waals surface area contributed by atoms with E-state index >= 15 is 0 Å². The molecule has 7 N–H and O–H groups in total. The van der Waals surface area contributed by atoms with E-state index in [0.717, 1.165) is 0 Å². The Kier molecular flexibility index (Phi) is 2.82. The van der Waals surface area contributed by atoms with Crippen LogP contribution in [0.15, 0.2) is 4.99 Å². The van der Waals surface area contributed by atoms with Crippen molar-refractivity contribution >= 4 is 23.3 Å². The van der Waals surface area contributed by atoms with Crippen LogP contribution in [0.4, 0.5) is 0 Å². The van der Waals surface area contributed by atoms with Crippen LogP contribution < -0.4 is 22.7 Å². The third-order valence-electron chi connectivity index (χ3n) is 0.379. The van der Waals surface area contributed by atoms with Gasteiger partial charge in [-0.15, -0.1) is 0 Å². The summed E-state index contributed by atoms with van der Waals surface area (Å²) in [5, 5.41) is -0.0412. The van der Waals surface area contributed by atoms with Crippen molar-refractivity contribution in [2.24, 2.45) is 22.3 Å². The van der Waals surface area contributed by atoms with Crippen molar-refractivity contribution in [3.8, 4) is 0 Å². The van der Waals surface area contributed by atoms with Gasteiger partial charge >= 0.3 is 0 Å². The molecule has 0 aromatic heterocycles. The zero-order valence-electron chi connectivity index (χ0n) is 4.09. The second-order valence-electron chi connectivity index (χ2n) is 0.980. The van der Waals surface area contributed by atoms with E-state index in [1.54, 1.807) is 0 Å². The Labute approximate surface area is 51.9 Å². The smallest absolute Gasteiger partial charge is 0.210 e. The minimum atomic E-state index is -0.0412. The van der Waals surface area contributed by atoms with Crippen LogP contribution in [-0.2, 0) is 0 Å². The maximum absolute atomic E-state index is 5.02. The van der Waals surface area contributed by atoms with Crippen LogP contribution in [0.5, 0.6) is 0 Å². The lowest BCUT2D eigenvalue weighted by atomic mass is 11.0. The van der Waals surface area contributed by atoms with Crippen molar-refractivity contribution in [2.75, 3.05) is 0 Å². The second kappa shape index (κ2) is 3.16. The molecule has 0 spiro atoms. The van der Waals surface area contributed by atoms with E-state index in [1.165, 1.54) is 0 Å². The highest BCUT2D eigenvalue weighted by atomic mass is 32.1. The van der Waals surface area contributed by atoms with E-state index in [0.29, 0.717) is 0 Å². The lowest BCUT2D eigenvalue weighted by Gasteiger charge is -1.93. The SMILES string of the molecule is NNC(N)=NC(N)=S. The highest BCUT2D eigenvalue weighted by Gasteiger charge is 1.83. The predicted molar refractivity (Wildman–Crippen MR) is 35.7 cm³/mol. The van der Waals surface area contributed by atoms with Gasteiger partial charge in [0.05, 0.1) is 0 Å². The van der Waals surface area contributed by atoms with E-state index in [9.17, 15) is 0 Å². The van der Waals surface area contributed by atoms with Gasteiger partial charge in [-0.3, -0.25) is 5.43 Å². The van der Waals surface area contributed by atoms with Gasteiger partial charge in [0.15, 0.2) is 5.11 Å². The van der Waals surface area contributed by atoms with E-state index < -0.39 is 0 Å². The molecule has 5 nitrogen and oxygen atoms in total. The molecule has 0 bridgehead atoms. The summed E-state index contributed by atoms with van der Waals surface area (Å²) in [5.41, 5.74) is 12.0. The molecule has 0 fully saturated rings. The maximum atomic E-state index is 5.02. The van der Waals surface area contributed by atoms with Gasteiger partial charge in [0.2, 0.25) is 5.96 Å². The Balaban J connectivity index is 3.75. The molecule has 0 aromatic carbocycles. The number of nitrogens with zero attached hydrogens (tertiary/aromatic N) is 1. The molecule has 0 atom stereocenters. The highest BCUT2D eigenvalue weighted by Crippen LogP contribution is 1.64. The predicted octanol–water partition coefficient (Wildman–Crippen LogP) is -1.99. The Morgan fingerprint density at radius 2 is 2.00 bits per heavy atom. The second-order valence-corrected chi connectivity index (χ2v) is 1.40. The molecular weight excluding hydrogens is 126 g/mol. The molecule has 0 aliphatic heterocycles. The molecule has 8 heavy (non-hydrogen) atoms. The summed E-state index contributed by atoms with van der Waals surface area (Å²) >= 11 is 4.35. The number of hydrogen-bond donors (Lipinski definition) is 4. The Hall–Kier alpha value is -0.880. The van der Waals surface area contributed by atoms with Crippen LogP contribution in [0, 0.1) is 0 Å². The van der Waals surface area contributed by atoms with Gasteiger partial charge in [0.25, 0.3) is 0 Å². The number of nitrogens with one attached hydrogen (secondary N) is 1. The Morgan fingerprint density at radius 3 is 2.12 bits per heavy atom. The molecule has 46 valence electrons. The average Bonchev–Trinajstić information content (AvgIpc) is 1.65. The first-order valence-corrected chi connectivity index (χ1v) is 2.18. The molecule has 0 saturated heterocycles. The van der Waals surface area contributed by atoms with Gasteiger partial charge < -0.3 is 11.5 Å². The van der Waals surface area contributed by atoms with Crippen LogP contribution in [0.2, 0.25) is 0 Å². The Bertz CT molecular complexity index is 118. The largest absolute Gasteiger partial charge is 0.374 e. The third kappa shape index (κ3) is 3.32. The van der Waals surface area contributed by atoms with Crippen LogP contribution in [-0.4, -0.2) is 11.1 Å². The number of guanidine groups is 1. The molecule has 0 heterocycles. The van der Waals surface area contributed by atoms with Crippen LogP contribution in [0.25, 0.3) is 0 Å². The molecule has 0 unspecified atom stereocenters. The lowest BCUT2D eigenvalue weighted by molar-refractivity contribution is 1.01. The minimum absolute atomic E-state index is 0.0116. The minimum Gasteiger partial charge on any atom is -0.374 e. The molecule has 0 aromatic rings. The molecule has 0 saturated carbocycles. The summed E-state index contributed by atoms with van der Waals surface area (Å²) in [6.45, 7) is 0. The molecule has 0 radical (unpaired) electrons. The fraction of sp³-hybridized carbons (Fsp3) is 0. The number of nitrogens with two attached hydrogens (primary N) is 3. The first kappa shape index (κ1) is 7.12. The van der Waals surface area contributed by atoms with Gasteiger partial charge in [0, 0.05) is 0 Å². The van der Waals surface area contributed by atoms with Crippen molar-refractivity contribution < 1.29 is 0 Å². The van der Waals surface area contributed by atoms with Crippen molar-refractivity contribution in [3.05, 3.63) is 0 Å². The summed E-state index contributed by atoms with van der Waals surface area (Å²) in [7, 11) is 0. The van der Waals surface area contributed by atoms with Gasteiger partial charge in [-0.1, -0.05) is 0 Å². The van der Waals surface area contributed by atoms with E-state index in [1.807, 2.05) is 0 Å². The summed E-state index contributed by atoms with van der Waals surface area (Å²) in [4.78, 5) is 3.36. The fourth-order valence-corrected chi connectivity index (χ4v) is 0.249. The van der Waals surface area contributed by atoms with Gasteiger partial charge in [0.1, 0.15) is 0 Å². The summed E-state index contributed by atoms with van der Waals surface area (Å²) < 4.78 is 0. The number of hydrogen-bond acceptors (Lipinski definition) is 2. The number of rotatable bonds is 0. The van der Waals surface area contributed by atoms with Crippen molar-refractivity contribution in [1.82, 2.24) is 5.43 Å². The van der Waals surface area contributed by atoms with Crippen molar-refractivity contribution in [3.63, 3.8) is 0 Å². The first-order chi connectivity index (χ1) is 3.66. The molecule has 0 aliphatic rings. The highest BCUT2D eigenvalue weighted by molar-refractivity contribution is 7.80. The van der Waals surface area contributed by atoms with Crippen molar-refractivity contribution in [2.45, 2.75) is 0 Å². The van der Waals surface area contributed by atoms with E-state index in [4.69, 9.17) is 17.3 Å². The fourth-order valence-electron chi connectivity index (χ4n) is 0.151. The van der Waals surface area contributed by atoms with E-state index in [2.05, 4.69) is 22.6 Å². The first-order valence-electron chi connectivity index (χ1n) is 1.77. The molecule has 0 rings (SSSR count). The monoisotopic (exact) mass is 133 g/mol. The number of aliphatic imine (C=N–C) groups is 1. The summed E-state index contributed by atoms with van der Waals surface area (Å²) in [6, 6.07) is 0. The van der Waals surface area contributed by atoms with Gasteiger partial charge in [-0.2, -0.15) is 4.99 Å². The Morgan fingerprint density at radius 1 is 1.50 bits per heavy atom. The van der Waals surface area contributed by atoms with Gasteiger partial charge in [-0.05, 0) is 12.2 Å². The number of thiocarbonyl (C=S) groups is 1. The van der Waals surface area contributed by atoms with Gasteiger partial charge in [-0.25, -0.2) is 5.84 Å². The van der Waals surface area contributed by atoms with Crippen LogP contribution in [0.3, 0.4) is 0 Å². The molecule has 0 amide bonds. The molecular formula is C2H7N5S. The zero-order chi connectivity index (χ0) is 6.57. The molecule has 0 aliphatic carbocycles.